The predicted molar refractivity (Wildman–Crippen MR) is 73.4 cm³/mol. The van der Waals surface area contributed by atoms with Crippen LogP contribution in [-0.4, -0.2) is 21.6 Å². The number of carbonyl (C=O) groups is 2. The Hall–Kier alpha value is -2.10. The van der Waals surface area contributed by atoms with Crippen molar-refractivity contribution in [3.63, 3.8) is 0 Å². The number of aromatic nitrogens is 1. The van der Waals surface area contributed by atoms with Gasteiger partial charge in [0, 0.05) is 24.4 Å². The molecule has 1 aromatic heterocycles. The van der Waals surface area contributed by atoms with Crippen LogP contribution in [0.25, 0.3) is 10.9 Å². The van der Waals surface area contributed by atoms with Gasteiger partial charge in [-0.3, -0.25) is 14.2 Å². The Balaban J connectivity index is 2.16. The highest BCUT2D eigenvalue weighted by molar-refractivity contribution is 5.92. The van der Waals surface area contributed by atoms with Crippen LogP contribution in [0.4, 0.5) is 0 Å². The zero-order valence-electron chi connectivity index (χ0n) is 10.9. The smallest absolute Gasteiger partial charge is 0.303 e. The van der Waals surface area contributed by atoms with Crippen molar-refractivity contribution in [2.45, 2.75) is 32.6 Å². The summed E-state index contributed by atoms with van der Waals surface area (Å²) in [7, 11) is 0. The van der Waals surface area contributed by atoms with Gasteiger partial charge in [-0.05, 0) is 36.6 Å². The highest BCUT2D eigenvalue weighted by Gasteiger charge is 2.09. The summed E-state index contributed by atoms with van der Waals surface area (Å²) < 4.78 is 1.61. The van der Waals surface area contributed by atoms with Crippen LogP contribution in [0, 0.1) is 0 Å². The van der Waals surface area contributed by atoms with E-state index in [0.29, 0.717) is 6.42 Å². The molecular weight excluding hydrogens is 242 g/mol. The van der Waals surface area contributed by atoms with E-state index in [-0.39, 0.29) is 18.7 Å². The van der Waals surface area contributed by atoms with Gasteiger partial charge in [-0.25, -0.2) is 0 Å². The first kappa shape index (κ1) is 13.3. The number of rotatable bonds is 5. The van der Waals surface area contributed by atoms with Gasteiger partial charge in [0.15, 0.2) is 0 Å². The summed E-state index contributed by atoms with van der Waals surface area (Å²) in [5.74, 6) is -0.918. The zero-order chi connectivity index (χ0) is 13.8. The molecule has 0 bridgehead atoms. The summed E-state index contributed by atoms with van der Waals surface area (Å²) in [6, 6.07) is 7.96. The van der Waals surface area contributed by atoms with E-state index in [0.717, 1.165) is 17.3 Å². The Morgan fingerprint density at radius 1 is 1.21 bits per heavy atom. The topological polar surface area (TPSA) is 59.3 Å². The quantitative estimate of drug-likeness (QED) is 0.897. The zero-order valence-corrected chi connectivity index (χ0v) is 10.9. The SMILES string of the molecule is CCc1ccc2c(ccn2C(=O)CCCC(=O)O)c1. The van der Waals surface area contributed by atoms with Gasteiger partial charge in [0.05, 0.1) is 5.52 Å². The largest absolute Gasteiger partial charge is 0.481 e. The number of hydrogen-bond acceptors (Lipinski definition) is 2. The molecule has 0 radical (unpaired) electrons. The van der Waals surface area contributed by atoms with Crippen molar-refractivity contribution in [3.8, 4) is 0 Å². The third-order valence-corrected chi connectivity index (χ3v) is 3.21. The molecule has 0 unspecified atom stereocenters. The van der Waals surface area contributed by atoms with Gasteiger partial charge in [-0.1, -0.05) is 13.0 Å². The molecule has 0 amide bonds. The lowest BCUT2D eigenvalue weighted by Gasteiger charge is -2.04. The number of fused-ring (bicyclic) bond motifs is 1. The van der Waals surface area contributed by atoms with Crippen LogP contribution >= 0.6 is 0 Å². The number of hydrogen-bond donors (Lipinski definition) is 1. The van der Waals surface area contributed by atoms with Crippen LogP contribution in [0.5, 0.6) is 0 Å². The van der Waals surface area contributed by atoms with Crippen LogP contribution < -0.4 is 0 Å². The first-order valence-electron chi connectivity index (χ1n) is 6.47. The van der Waals surface area contributed by atoms with Gasteiger partial charge in [-0.15, -0.1) is 0 Å². The Morgan fingerprint density at radius 3 is 2.68 bits per heavy atom. The van der Waals surface area contributed by atoms with Crippen LogP contribution in [0.1, 0.15) is 36.5 Å². The maximum Gasteiger partial charge on any atom is 0.303 e. The highest BCUT2D eigenvalue weighted by atomic mass is 16.4. The van der Waals surface area contributed by atoms with E-state index in [4.69, 9.17) is 5.11 Å². The number of aryl methyl sites for hydroxylation is 1. The predicted octanol–water partition coefficient (Wildman–Crippen LogP) is 3.10. The lowest BCUT2D eigenvalue weighted by Crippen LogP contribution is -2.09. The number of aliphatic carboxylic acids is 1. The summed E-state index contributed by atoms with van der Waals surface area (Å²) in [6.45, 7) is 2.09. The molecule has 0 fully saturated rings. The third kappa shape index (κ3) is 3.02. The lowest BCUT2D eigenvalue weighted by atomic mass is 10.1. The molecule has 0 aliphatic carbocycles. The second kappa shape index (κ2) is 5.69. The molecule has 2 rings (SSSR count). The molecule has 0 saturated heterocycles. The van der Waals surface area contributed by atoms with Crippen molar-refractivity contribution < 1.29 is 14.7 Å². The Labute approximate surface area is 111 Å². The van der Waals surface area contributed by atoms with Crippen molar-refractivity contribution in [2.24, 2.45) is 0 Å². The van der Waals surface area contributed by atoms with Crippen molar-refractivity contribution in [1.82, 2.24) is 4.57 Å². The molecule has 0 aliphatic rings. The van der Waals surface area contributed by atoms with Gasteiger partial charge in [0.1, 0.15) is 0 Å². The number of carbonyl (C=O) groups excluding carboxylic acids is 1. The monoisotopic (exact) mass is 259 g/mol. The highest BCUT2D eigenvalue weighted by Crippen LogP contribution is 2.19. The summed E-state index contributed by atoms with van der Waals surface area (Å²) in [5, 5.41) is 9.62. The molecule has 0 atom stereocenters. The van der Waals surface area contributed by atoms with Crippen LogP contribution in [0.15, 0.2) is 30.5 Å². The standard InChI is InChI=1S/C15H17NO3/c1-2-11-6-7-13-12(10-11)8-9-16(13)14(17)4-3-5-15(18)19/h6-10H,2-5H2,1H3,(H,18,19). The number of carboxylic acids is 1. The normalized spacial score (nSPS) is 10.8. The minimum absolute atomic E-state index is 0.0327. The molecule has 1 N–H and O–H groups in total. The Morgan fingerprint density at radius 2 is 2.00 bits per heavy atom. The van der Waals surface area contributed by atoms with Crippen molar-refractivity contribution in [1.29, 1.82) is 0 Å². The number of nitrogens with zero attached hydrogens (tertiary/aromatic N) is 1. The van der Waals surface area contributed by atoms with Crippen LogP contribution in [-0.2, 0) is 11.2 Å². The average Bonchev–Trinajstić information content (AvgIpc) is 2.80. The molecule has 2 aromatic rings. The Kier molecular flexibility index (Phi) is 4.00. The minimum atomic E-state index is -0.863. The molecule has 0 spiro atoms. The third-order valence-electron chi connectivity index (χ3n) is 3.21. The first-order valence-corrected chi connectivity index (χ1v) is 6.47. The van der Waals surface area contributed by atoms with Gasteiger partial charge >= 0.3 is 5.97 Å². The van der Waals surface area contributed by atoms with E-state index in [9.17, 15) is 9.59 Å². The average molecular weight is 259 g/mol. The van der Waals surface area contributed by atoms with Crippen molar-refractivity contribution in [2.75, 3.05) is 0 Å². The van der Waals surface area contributed by atoms with E-state index in [2.05, 4.69) is 13.0 Å². The molecule has 1 aromatic carbocycles. The maximum absolute atomic E-state index is 12.0. The first-order chi connectivity index (χ1) is 9.11. The van der Waals surface area contributed by atoms with Gasteiger partial charge in [-0.2, -0.15) is 0 Å². The lowest BCUT2D eigenvalue weighted by molar-refractivity contribution is -0.137. The molecule has 4 nitrogen and oxygen atoms in total. The number of carboxylic acid groups (broad SMARTS) is 1. The molecule has 19 heavy (non-hydrogen) atoms. The molecule has 0 saturated carbocycles. The summed E-state index contributed by atoms with van der Waals surface area (Å²) in [5.41, 5.74) is 2.13. The van der Waals surface area contributed by atoms with Crippen molar-refractivity contribution >= 4 is 22.8 Å². The van der Waals surface area contributed by atoms with Gasteiger partial charge in [0.25, 0.3) is 0 Å². The molecular formula is C15H17NO3. The van der Waals surface area contributed by atoms with Gasteiger partial charge in [0.2, 0.25) is 5.91 Å². The van der Waals surface area contributed by atoms with E-state index >= 15 is 0 Å². The second-order valence-electron chi connectivity index (χ2n) is 4.57. The second-order valence-corrected chi connectivity index (χ2v) is 4.57. The fraction of sp³-hybridized carbons (Fsp3) is 0.333. The van der Waals surface area contributed by atoms with E-state index < -0.39 is 5.97 Å². The van der Waals surface area contributed by atoms with Crippen LogP contribution in [0.2, 0.25) is 0 Å². The molecule has 4 heteroatoms. The minimum Gasteiger partial charge on any atom is -0.481 e. The fourth-order valence-electron chi connectivity index (χ4n) is 2.14. The summed E-state index contributed by atoms with van der Waals surface area (Å²) in [4.78, 5) is 22.5. The molecule has 0 aliphatic heterocycles. The molecule has 1 heterocycles. The van der Waals surface area contributed by atoms with E-state index in [1.54, 1.807) is 10.8 Å². The van der Waals surface area contributed by atoms with Crippen molar-refractivity contribution in [3.05, 3.63) is 36.0 Å². The van der Waals surface area contributed by atoms with E-state index in [1.807, 2.05) is 18.2 Å². The summed E-state index contributed by atoms with van der Waals surface area (Å²) in [6.07, 6.45) is 3.39. The summed E-state index contributed by atoms with van der Waals surface area (Å²) >= 11 is 0. The van der Waals surface area contributed by atoms with E-state index in [1.165, 1.54) is 5.56 Å². The maximum atomic E-state index is 12.0. The molecule has 100 valence electrons. The fourth-order valence-corrected chi connectivity index (χ4v) is 2.14. The number of benzene rings is 1. The van der Waals surface area contributed by atoms with Gasteiger partial charge < -0.3 is 5.11 Å². The van der Waals surface area contributed by atoms with Crippen LogP contribution in [0.3, 0.4) is 0 Å². The Bertz CT molecular complexity index is 613.